The van der Waals surface area contributed by atoms with Crippen LogP contribution in [0.1, 0.15) is 28.8 Å². The fourth-order valence-electron chi connectivity index (χ4n) is 1.42. The van der Waals surface area contributed by atoms with Crippen LogP contribution in [-0.2, 0) is 6.18 Å². The molecule has 17 heavy (non-hydrogen) atoms. The fourth-order valence-corrected chi connectivity index (χ4v) is 1.74. The Morgan fingerprint density at radius 1 is 1.35 bits per heavy atom. The molecule has 1 fully saturated rings. The lowest BCUT2D eigenvalue weighted by molar-refractivity contribution is -0.137. The van der Waals surface area contributed by atoms with Crippen molar-refractivity contribution in [1.82, 2.24) is 5.32 Å². The lowest BCUT2D eigenvalue weighted by Crippen LogP contribution is -2.26. The molecule has 0 bridgehead atoms. The molecule has 1 aromatic rings. The summed E-state index contributed by atoms with van der Waals surface area (Å²) < 4.78 is 37.7. The van der Waals surface area contributed by atoms with E-state index in [1.54, 1.807) is 0 Å². The fraction of sp³-hybridized carbons (Fsp3) is 0.364. The van der Waals surface area contributed by atoms with Crippen LogP contribution in [-0.4, -0.2) is 11.9 Å². The van der Waals surface area contributed by atoms with E-state index in [9.17, 15) is 18.0 Å². The van der Waals surface area contributed by atoms with Gasteiger partial charge < -0.3 is 5.32 Å². The molecule has 0 spiro atoms. The predicted molar refractivity (Wildman–Crippen MR) is 56.9 cm³/mol. The van der Waals surface area contributed by atoms with Crippen LogP contribution in [0.4, 0.5) is 13.2 Å². The Morgan fingerprint density at radius 3 is 2.53 bits per heavy atom. The average molecular weight is 264 g/mol. The largest absolute Gasteiger partial charge is 0.417 e. The SMILES string of the molecule is O=C(NC1CC1)c1cccc(C(F)(F)F)c1Cl. The Bertz CT molecular complexity index is 455. The number of carbonyl (C=O) groups excluding carboxylic acids is 1. The maximum absolute atomic E-state index is 12.6. The Labute approximate surface area is 101 Å². The quantitative estimate of drug-likeness (QED) is 0.872. The summed E-state index contributed by atoms with van der Waals surface area (Å²) in [5.41, 5.74) is -1.11. The third-order valence-electron chi connectivity index (χ3n) is 2.46. The molecule has 0 saturated heterocycles. The van der Waals surface area contributed by atoms with Crippen molar-refractivity contribution in [1.29, 1.82) is 0 Å². The number of hydrogen-bond acceptors (Lipinski definition) is 1. The van der Waals surface area contributed by atoms with Crippen LogP contribution < -0.4 is 5.32 Å². The van der Waals surface area contributed by atoms with E-state index in [-0.39, 0.29) is 11.6 Å². The smallest absolute Gasteiger partial charge is 0.349 e. The lowest BCUT2D eigenvalue weighted by Gasteiger charge is -2.12. The monoisotopic (exact) mass is 263 g/mol. The third kappa shape index (κ3) is 2.72. The Hall–Kier alpha value is -1.23. The van der Waals surface area contributed by atoms with E-state index < -0.39 is 22.7 Å². The second-order valence-electron chi connectivity index (χ2n) is 3.91. The van der Waals surface area contributed by atoms with Crippen LogP contribution >= 0.6 is 11.6 Å². The molecule has 1 amide bonds. The second-order valence-corrected chi connectivity index (χ2v) is 4.29. The van der Waals surface area contributed by atoms with E-state index in [2.05, 4.69) is 5.32 Å². The number of rotatable bonds is 2. The Kier molecular flexibility index (Phi) is 3.03. The number of amides is 1. The van der Waals surface area contributed by atoms with Crippen LogP contribution in [0.5, 0.6) is 0 Å². The molecule has 2 rings (SSSR count). The molecule has 1 aromatic carbocycles. The van der Waals surface area contributed by atoms with Gasteiger partial charge in [0.25, 0.3) is 5.91 Å². The van der Waals surface area contributed by atoms with Gasteiger partial charge in [0.15, 0.2) is 0 Å². The molecule has 0 unspecified atom stereocenters. The summed E-state index contributed by atoms with van der Waals surface area (Å²) in [6.07, 6.45) is -2.82. The number of carbonyl (C=O) groups is 1. The number of alkyl halides is 3. The zero-order valence-corrected chi connectivity index (χ0v) is 9.40. The third-order valence-corrected chi connectivity index (χ3v) is 2.87. The van der Waals surface area contributed by atoms with Crippen molar-refractivity contribution in [2.75, 3.05) is 0 Å². The van der Waals surface area contributed by atoms with E-state index in [0.29, 0.717) is 0 Å². The summed E-state index contributed by atoms with van der Waals surface area (Å²) in [4.78, 5) is 11.6. The number of nitrogens with one attached hydrogen (secondary N) is 1. The molecule has 1 N–H and O–H groups in total. The highest BCUT2D eigenvalue weighted by atomic mass is 35.5. The maximum Gasteiger partial charge on any atom is 0.417 e. The molecular weight excluding hydrogens is 255 g/mol. The van der Waals surface area contributed by atoms with E-state index >= 15 is 0 Å². The van der Waals surface area contributed by atoms with Crippen LogP contribution in [0.25, 0.3) is 0 Å². The van der Waals surface area contributed by atoms with Crippen molar-refractivity contribution < 1.29 is 18.0 Å². The first-order chi connectivity index (χ1) is 7.89. The van der Waals surface area contributed by atoms with Gasteiger partial charge in [-0.05, 0) is 25.0 Å². The summed E-state index contributed by atoms with van der Waals surface area (Å²) in [6.45, 7) is 0. The van der Waals surface area contributed by atoms with Crippen molar-refractivity contribution in [2.45, 2.75) is 25.1 Å². The molecule has 6 heteroatoms. The van der Waals surface area contributed by atoms with Crippen LogP contribution in [0.15, 0.2) is 18.2 Å². The lowest BCUT2D eigenvalue weighted by atomic mass is 10.1. The van der Waals surface area contributed by atoms with E-state index in [0.717, 1.165) is 18.9 Å². The van der Waals surface area contributed by atoms with Gasteiger partial charge in [-0.2, -0.15) is 13.2 Å². The van der Waals surface area contributed by atoms with E-state index in [1.807, 2.05) is 0 Å². The number of hydrogen-bond donors (Lipinski definition) is 1. The van der Waals surface area contributed by atoms with Gasteiger partial charge in [0.05, 0.1) is 16.1 Å². The molecule has 0 atom stereocenters. The summed E-state index contributed by atoms with van der Waals surface area (Å²) in [5.74, 6) is -0.552. The van der Waals surface area contributed by atoms with Gasteiger partial charge in [-0.1, -0.05) is 17.7 Å². The minimum atomic E-state index is -4.55. The zero-order chi connectivity index (χ0) is 12.6. The molecule has 0 aliphatic heterocycles. The Morgan fingerprint density at radius 2 is 2.00 bits per heavy atom. The standard InChI is InChI=1S/C11H9ClF3NO/c12-9-7(10(17)16-6-4-5-6)2-1-3-8(9)11(13,14)15/h1-3,6H,4-5H2,(H,16,17). The van der Waals surface area contributed by atoms with Crippen LogP contribution in [0, 0.1) is 0 Å². The van der Waals surface area contributed by atoms with E-state index in [4.69, 9.17) is 11.6 Å². The van der Waals surface area contributed by atoms with Gasteiger partial charge in [0, 0.05) is 6.04 Å². The normalized spacial score (nSPS) is 15.8. The number of benzene rings is 1. The van der Waals surface area contributed by atoms with Crippen molar-refractivity contribution in [3.05, 3.63) is 34.3 Å². The molecule has 2 nitrogen and oxygen atoms in total. The summed E-state index contributed by atoms with van der Waals surface area (Å²) in [5, 5.41) is 2.06. The number of halogens is 4. The topological polar surface area (TPSA) is 29.1 Å². The van der Waals surface area contributed by atoms with Gasteiger partial charge in [-0.25, -0.2) is 0 Å². The first-order valence-corrected chi connectivity index (χ1v) is 5.44. The molecular formula is C11H9ClF3NO. The first kappa shape index (κ1) is 12.2. The maximum atomic E-state index is 12.6. The van der Waals surface area contributed by atoms with E-state index in [1.165, 1.54) is 12.1 Å². The van der Waals surface area contributed by atoms with Crippen LogP contribution in [0.2, 0.25) is 5.02 Å². The first-order valence-electron chi connectivity index (χ1n) is 5.06. The molecule has 0 aromatic heterocycles. The van der Waals surface area contributed by atoms with Crippen molar-refractivity contribution in [3.8, 4) is 0 Å². The van der Waals surface area contributed by atoms with Gasteiger partial charge in [-0.15, -0.1) is 0 Å². The predicted octanol–water partition coefficient (Wildman–Crippen LogP) is 3.25. The molecule has 1 saturated carbocycles. The molecule has 1 aliphatic carbocycles. The van der Waals surface area contributed by atoms with Gasteiger partial charge in [0.2, 0.25) is 0 Å². The highest BCUT2D eigenvalue weighted by Gasteiger charge is 2.35. The molecule has 0 radical (unpaired) electrons. The Balaban J connectivity index is 2.31. The minimum Gasteiger partial charge on any atom is -0.349 e. The zero-order valence-electron chi connectivity index (χ0n) is 8.64. The minimum absolute atomic E-state index is 0.0770. The average Bonchev–Trinajstić information content (AvgIpc) is 3.00. The summed E-state index contributed by atoms with van der Waals surface area (Å²) in [7, 11) is 0. The molecule has 1 aliphatic rings. The summed E-state index contributed by atoms with van der Waals surface area (Å²) in [6, 6.07) is 3.40. The highest BCUT2D eigenvalue weighted by Crippen LogP contribution is 2.36. The van der Waals surface area contributed by atoms with Gasteiger partial charge >= 0.3 is 6.18 Å². The van der Waals surface area contributed by atoms with Crippen LogP contribution in [0.3, 0.4) is 0 Å². The van der Waals surface area contributed by atoms with Gasteiger partial charge in [-0.3, -0.25) is 4.79 Å². The molecule has 92 valence electrons. The van der Waals surface area contributed by atoms with Gasteiger partial charge in [0.1, 0.15) is 0 Å². The second kappa shape index (κ2) is 4.22. The highest BCUT2D eigenvalue weighted by molar-refractivity contribution is 6.34. The van der Waals surface area contributed by atoms with Crippen molar-refractivity contribution in [3.63, 3.8) is 0 Å². The molecule has 0 heterocycles. The van der Waals surface area contributed by atoms with Crippen molar-refractivity contribution >= 4 is 17.5 Å². The summed E-state index contributed by atoms with van der Waals surface area (Å²) >= 11 is 5.61. The van der Waals surface area contributed by atoms with Crippen molar-refractivity contribution in [2.24, 2.45) is 0 Å².